The van der Waals surface area contributed by atoms with E-state index in [0.29, 0.717) is 6.04 Å². The number of fused-ring (bicyclic) bond motifs is 2. The highest BCUT2D eigenvalue weighted by Gasteiger charge is 2.39. The lowest BCUT2D eigenvalue weighted by molar-refractivity contribution is 0.331. The molecule has 1 heterocycles. The minimum atomic E-state index is 0.335. The van der Waals surface area contributed by atoms with Gasteiger partial charge in [0.05, 0.1) is 6.04 Å². The van der Waals surface area contributed by atoms with E-state index in [1.165, 1.54) is 37.1 Å². The van der Waals surface area contributed by atoms with Crippen LogP contribution in [0.5, 0.6) is 0 Å². The molecule has 0 amide bonds. The fourth-order valence-electron chi connectivity index (χ4n) is 3.50. The molecule has 0 spiro atoms. The van der Waals surface area contributed by atoms with Gasteiger partial charge in [-0.05, 0) is 51.0 Å². The Morgan fingerprint density at radius 2 is 2.24 bits per heavy atom. The van der Waals surface area contributed by atoms with Crippen LogP contribution in [0.25, 0.3) is 0 Å². The first-order chi connectivity index (χ1) is 8.26. The molecule has 2 aliphatic carbocycles. The Hall–Kier alpha value is -0.480. The van der Waals surface area contributed by atoms with Crippen molar-refractivity contribution in [3.8, 4) is 0 Å². The molecule has 0 aromatic carbocycles. The van der Waals surface area contributed by atoms with Gasteiger partial charge in [0.2, 0.25) is 0 Å². The van der Waals surface area contributed by atoms with E-state index in [1.54, 1.807) is 11.3 Å². The number of rotatable bonds is 4. The molecule has 1 aromatic heterocycles. The highest BCUT2D eigenvalue weighted by molar-refractivity contribution is 7.11. The second-order valence-electron chi connectivity index (χ2n) is 5.68. The van der Waals surface area contributed by atoms with Gasteiger partial charge in [-0.2, -0.15) is 0 Å². The van der Waals surface area contributed by atoms with Gasteiger partial charge < -0.3 is 5.32 Å². The minimum Gasteiger partial charge on any atom is -0.311 e. The molecule has 4 atom stereocenters. The Morgan fingerprint density at radius 3 is 2.88 bits per heavy atom. The lowest BCUT2D eigenvalue weighted by Crippen LogP contribution is -2.12. The second-order valence-corrected chi connectivity index (χ2v) is 6.78. The van der Waals surface area contributed by atoms with Crippen molar-refractivity contribution < 1.29 is 0 Å². The van der Waals surface area contributed by atoms with Crippen LogP contribution in [0.4, 0.5) is 0 Å². The molecule has 0 saturated heterocycles. The first-order valence-corrected chi connectivity index (χ1v) is 7.57. The fourth-order valence-corrected chi connectivity index (χ4v) is 4.50. The molecule has 2 saturated carbocycles. The predicted octanol–water partition coefficient (Wildman–Crippen LogP) is 2.80. The number of hydrogen-bond acceptors (Lipinski definition) is 4. The molecule has 1 N–H and O–H groups in total. The van der Waals surface area contributed by atoms with Gasteiger partial charge in [-0.25, -0.2) is 0 Å². The minimum absolute atomic E-state index is 0.335. The van der Waals surface area contributed by atoms with Crippen LogP contribution in [0.2, 0.25) is 0 Å². The lowest BCUT2D eigenvalue weighted by Gasteiger charge is -2.19. The van der Waals surface area contributed by atoms with E-state index < -0.39 is 0 Å². The summed E-state index contributed by atoms with van der Waals surface area (Å²) in [5.74, 6) is 2.93. The summed E-state index contributed by atoms with van der Waals surface area (Å²) in [6.07, 6.45) is 7.06. The van der Waals surface area contributed by atoms with Crippen LogP contribution in [-0.4, -0.2) is 17.2 Å². The van der Waals surface area contributed by atoms with E-state index >= 15 is 0 Å². The van der Waals surface area contributed by atoms with E-state index in [2.05, 4.69) is 22.4 Å². The monoisotopic (exact) mass is 251 g/mol. The topological polar surface area (TPSA) is 37.8 Å². The molecule has 94 valence electrons. The molecule has 1 aromatic rings. The van der Waals surface area contributed by atoms with Crippen LogP contribution in [0.3, 0.4) is 0 Å². The van der Waals surface area contributed by atoms with Crippen molar-refractivity contribution >= 4 is 11.3 Å². The van der Waals surface area contributed by atoms with Crippen molar-refractivity contribution in [2.24, 2.45) is 17.8 Å². The van der Waals surface area contributed by atoms with Crippen LogP contribution >= 0.6 is 11.3 Å². The van der Waals surface area contributed by atoms with Crippen LogP contribution < -0.4 is 5.32 Å². The summed E-state index contributed by atoms with van der Waals surface area (Å²) in [6.45, 7) is 2.14. The average molecular weight is 251 g/mol. The van der Waals surface area contributed by atoms with Gasteiger partial charge in [-0.3, -0.25) is 0 Å². The van der Waals surface area contributed by atoms with Crippen molar-refractivity contribution in [2.75, 3.05) is 7.05 Å². The summed E-state index contributed by atoms with van der Waals surface area (Å²) in [5, 5.41) is 14.3. The molecular formula is C13H21N3S. The first kappa shape index (κ1) is 11.6. The molecule has 17 heavy (non-hydrogen) atoms. The van der Waals surface area contributed by atoms with Crippen molar-refractivity contribution in [3.63, 3.8) is 0 Å². The third-order valence-corrected chi connectivity index (χ3v) is 5.74. The number of nitrogens with zero attached hydrogens (tertiary/aromatic N) is 2. The van der Waals surface area contributed by atoms with Gasteiger partial charge in [-0.1, -0.05) is 17.8 Å². The molecule has 2 aliphatic rings. The molecular weight excluding hydrogens is 230 g/mol. The standard InChI is InChI=1S/C13H21N3S/c1-8(14-2)13-16-15-12(17-13)7-11-6-9-3-4-10(11)5-9/h8-11,14H,3-7H2,1-2H3. The zero-order valence-electron chi connectivity index (χ0n) is 10.6. The summed E-state index contributed by atoms with van der Waals surface area (Å²) in [7, 11) is 1.97. The quantitative estimate of drug-likeness (QED) is 0.894. The molecule has 4 heteroatoms. The maximum Gasteiger partial charge on any atom is 0.134 e. The second kappa shape index (κ2) is 4.65. The highest BCUT2D eigenvalue weighted by Crippen LogP contribution is 2.49. The SMILES string of the molecule is CNC(C)c1nnc(CC2CC3CCC2C3)s1. The van der Waals surface area contributed by atoms with Gasteiger partial charge in [0, 0.05) is 6.42 Å². The average Bonchev–Trinajstić information content (AvgIpc) is 3.03. The molecule has 2 fully saturated rings. The van der Waals surface area contributed by atoms with E-state index in [0.717, 1.165) is 22.8 Å². The number of nitrogens with one attached hydrogen (secondary N) is 1. The molecule has 0 aliphatic heterocycles. The molecule has 4 unspecified atom stereocenters. The van der Waals surface area contributed by atoms with Crippen molar-refractivity contribution in [1.29, 1.82) is 0 Å². The van der Waals surface area contributed by atoms with Gasteiger partial charge in [0.1, 0.15) is 10.0 Å². The summed E-state index contributed by atoms with van der Waals surface area (Å²) < 4.78 is 0. The first-order valence-electron chi connectivity index (χ1n) is 6.75. The van der Waals surface area contributed by atoms with E-state index in [-0.39, 0.29) is 0 Å². The van der Waals surface area contributed by atoms with Crippen LogP contribution in [0, 0.1) is 17.8 Å². The van der Waals surface area contributed by atoms with Crippen LogP contribution in [-0.2, 0) is 6.42 Å². The molecule has 0 radical (unpaired) electrons. The van der Waals surface area contributed by atoms with Gasteiger partial charge in [-0.15, -0.1) is 10.2 Å². The van der Waals surface area contributed by atoms with Crippen molar-refractivity contribution in [1.82, 2.24) is 15.5 Å². The third kappa shape index (κ3) is 2.25. The summed E-state index contributed by atoms with van der Waals surface area (Å²) in [5.41, 5.74) is 0. The number of aromatic nitrogens is 2. The zero-order chi connectivity index (χ0) is 11.8. The van der Waals surface area contributed by atoms with E-state index in [9.17, 15) is 0 Å². The van der Waals surface area contributed by atoms with Gasteiger partial charge >= 0.3 is 0 Å². The maximum absolute atomic E-state index is 4.36. The van der Waals surface area contributed by atoms with Crippen LogP contribution in [0.1, 0.15) is 48.7 Å². The largest absolute Gasteiger partial charge is 0.311 e. The molecule has 3 nitrogen and oxygen atoms in total. The van der Waals surface area contributed by atoms with E-state index in [4.69, 9.17) is 0 Å². The summed E-state index contributed by atoms with van der Waals surface area (Å²) in [4.78, 5) is 0. The van der Waals surface area contributed by atoms with Gasteiger partial charge in [0.25, 0.3) is 0 Å². The lowest BCUT2D eigenvalue weighted by atomic mass is 9.87. The third-order valence-electron chi connectivity index (χ3n) is 4.61. The maximum atomic E-state index is 4.36. The molecule has 3 rings (SSSR count). The van der Waals surface area contributed by atoms with Crippen molar-refractivity contribution in [3.05, 3.63) is 10.0 Å². The molecule has 2 bridgehead atoms. The fraction of sp³-hybridized carbons (Fsp3) is 0.846. The predicted molar refractivity (Wildman–Crippen MR) is 70.0 cm³/mol. The Balaban J connectivity index is 1.63. The Labute approximate surface area is 107 Å². The number of hydrogen-bond donors (Lipinski definition) is 1. The Bertz CT molecular complexity index is 390. The smallest absolute Gasteiger partial charge is 0.134 e. The van der Waals surface area contributed by atoms with E-state index in [1.807, 2.05) is 7.05 Å². The van der Waals surface area contributed by atoms with Crippen LogP contribution in [0.15, 0.2) is 0 Å². The highest BCUT2D eigenvalue weighted by atomic mass is 32.1. The Kier molecular flexibility index (Phi) is 3.17. The summed E-state index contributed by atoms with van der Waals surface area (Å²) in [6, 6.07) is 0.335. The van der Waals surface area contributed by atoms with Crippen molar-refractivity contribution in [2.45, 2.75) is 45.1 Å². The summed E-state index contributed by atoms with van der Waals surface area (Å²) >= 11 is 1.80. The zero-order valence-corrected chi connectivity index (χ0v) is 11.5. The Morgan fingerprint density at radius 1 is 1.35 bits per heavy atom. The van der Waals surface area contributed by atoms with Gasteiger partial charge in [0.15, 0.2) is 0 Å². The normalized spacial score (nSPS) is 33.2.